The van der Waals surface area contributed by atoms with Crippen LogP contribution in [0.4, 0.5) is 0 Å². The SMILES string of the molecule is CCCC(CS)CN(CC(C)C)C(CC)CC. The third-order valence-corrected chi connectivity index (χ3v) is 4.02. The zero-order valence-electron chi connectivity index (χ0n) is 12.6. The van der Waals surface area contributed by atoms with Crippen LogP contribution in [0.2, 0.25) is 0 Å². The number of nitrogens with zero attached hydrogens (tertiary/aromatic N) is 1. The molecule has 0 fully saturated rings. The van der Waals surface area contributed by atoms with E-state index in [2.05, 4.69) is 52.1 Å². The minimum absolute atomic E-state index is 0.761. The molecular weight excluding hydrogens is 226 g/mol. The fourth-order valence-electron chi connectivity index (χ4n) is 2.63. The quantitative estimate of drug-likeness (QED) is 0.566. The molecule has 104 valence electrons. The zero-order chi connectivity index (χ0) is 13.3. The van der Waals surface area contributed by atoms with Gasteiger partial charge in [0.2, 0.25) is 0 Å². The van der Waals surface area contributed by atoms with Crippen molar-refractivity contribution in [2.24, 2.45) is 11.8 Å². The second-order valence-electron chi connectivity index (χ2n) is 5.66. The predicted molar refractivity (Wildman–Crippen MR) is 83.0 cm³/mol. The van der Waals surface area contributed by atoms with Crippen LogP contribution in [0.3, 0.4) is 0 Å². The van der Waals surface area contributed by atoms with E-state index >= 15 is 0 Å². The van der Waals surface area contributed by atoms with Gasteiger partial charge in [0.1, 0.15) is 0 Å². The Morgan fingerprint density at radius 3 is 1.94 bits per heavy atom. The lowest BCUT2D eigenvalue weighted by molar-refractivity contribution is 0.142. The summed E-state index contributed by atoms with van der Waals surface area (Å²) in [6.45, 7) is 14.0. The standard InChI is InChI=1S/C15H33NS/c1-6-9-14(12-17)11-16(10-13(4)5)15(7-2)8-3/h13-15,17H,6-12H2,1-5H3. The van der Waals surface area contributed by atoms with Crippen molar-refractivity contribution in [2.75, 3.05) is 18.8 Å². The smallest absolute Gasteiger partial charge is 0.00902 e. The Bertz CT molecular complexity index is 166. The van der Waals surface area contributed by atoms with Crippen LogP contribution in [0, 0.1) is 11.8 Å². The van der Waals surface area contributed by atoms with Crippen LogP contribution in [0.5, 0.6) is 0 Å². The van der Waals surface area contributed by atoms with E-state index in [1.165, 1.54) is 38.8 Å². The van der Waals surface area contributed by atoms with Crippen LogP contribution in [-0.4, -0.2) is 29.8 Å². The Hall–Kier alpha value is 0.310. The van der Waals surface area contributed by atoms with Crippen molar-refractivity contribution >= 4 is 12.6 Å². The van der Waals surface area contributed by atoms with Gasteiger partial charge < -0.3 is 0 Å². The van der Waals surface area contributed by atoms with E-state index < -0.39 is 0 Å². The first-order chi connectivity index (χ1) is 8.08. The summed E-state index contributed by atoms with van der Waals surface area (Å²) in [5.41, 5.74) is 0. The summed E-state index contributed by atoms with van der Waals surface area (Å²) in [7, 11) is 0. The van der Waals surface area contributed by atoms with E-state index in [-0.39, 0.29) is 0 Å². The van der Waals surface area contributed by atoms with Gasteiger partial charge in [0.15, 0.2) is 0 Å². The van der Waals surface area contributed by atoms with E-state index in [0.29, 0.717) is 0 Å². The van der Waals surface area contributed by atoms with Gasteiger partial charge in [-0.25, -0.2) is 0 Å². The first-order valence-electron chi connectivity index (χ1n) is 7.43. The molecular formula is C15H33NS. The van der Waals surface area contributed by atoms with Crippen LogP contribution in [0.15, 0.2) is 0 Å². The van der Waals surface area contributed by atoms with Gasteiger partial charge in [-0.1, -0.05) is 41.0 Å². The highest BCUT2D eigenvalue weighted by Gasteiger charge is 2.19. The molecule has 0 saturated carbocycles. The van der Waals surface area contributed by atoms with E-state index in [0.717, 1.165) is 23.6 Å². The van der Waals surface area contributed by atoms with Crippen molar-refractivity contribution in [1.82, 2.24) is 4.90 Å². The van der Waals surface area contributed by atoms with Crippen molar-refractivity contribution in [2.45, 2.75) is 66.3 Å². The molecule has 0 aliphatic heterocycles. The molecule has 0 aromatic rings. The normalized spacial score (nSPS) is 13.9. The van der Waals surface area contributed by atoms with Crippen LogP contribution < -0.4 is 0 Å². The monoisotopic (exact) mass is 259 g/mol. The van der Waals surface area contributed by atoms with E-state index in [9.17, 15) is 0 Å². The van der Waals surface area contributed by atoms with Crippen molar-refractivity contribution in [3.8, 4) is 0 Å². The molecule has 0 aliphatic rings. The summed E-state index contributed by atoms with van der Waals surface area (Å²) >= 11 is 4.52. The first kappa shape index (κ1) is 17.3. The Morgan fingerprint density at radius 2 is 1.59 bits per heavy atom. The summed E-state index contributed by atoms with van der Waals surface area (Å²) in [5, 5.41) is 0. The molecule has 0 radical (unpaired) electrons. The first-order valence-corrected chi connectivity index (χ1v) is 8.06. The average Bonchev–Trinajstić information content (AvgIpc) is 2.29. The number of hydrogen-bond donors (Lipinski definition) is 1. The highest BCUT2D eigenvalue weighted by Crippen LogP contribution is 2.17. The lowest BCUT2D eigenvalue weighted by Gasteiger charge is -2.34. The van der Waals surface area contributed by atoms with Crippen LogP contribution >= 0.6 is 12.6 Å². The maximum absolute atomic E-state index is 4.52. The summed E-state index contributed by atoms with van der Waals surface area (Å²) in [5.74, 6) is 2.56. The van der Waals surface area contributed by atoms with Crippen molar-refractivity contribution in [1.29, 1.82) is 0 Å². The predicted octanol–water partition coefficient (Wildman–Crippen LogP) is 4.48. The minimum atomic E-state index is 0.761. The largest absolute Gasteiger partial charge is 0.300 e. The summed E-state index contributed by atoms with van der Waals surface area (Å²) in [4.78, 5) is 2.71. The molecule has 0 aromatic carbocycles. The third-order valence-electron chi connectivity index (χ3n) is 3.51. The van der Waals surface area contributed by atoms with Gasteiger partial charge in [-0.15, -0.1) is 0 Å². The van der Waals surface area contributed by atoms with E-state index in [1.807, 2.05) is 0 Å². The van der Waals surface area contributed by atoms with Crippen LogP contribution in [0.25, 0.3) is 0 Å². The highest BCUT2D eigenvalue weighted by molar-refractivity contribution is 7.80. The Balaban J connectivity index is 4.43. The molecule has 1 unspecified atom stereocenters. The van der Waals surface area contributed by atoms with E-state index in [1.54, 1.807) is 0 Å². The summed E-state index contributed by atoms with van der Waals surface area (Å²) in [6, 6.07) is 0.761. The maximum Gasteiger partial charge on any atom is 0.00902 e. The second-order valence-corrected chi connectivity index (χ2v) is 6.02. The molecule has 0 saturated heterocycles. The molecule has 0 N–H and O–H groups in total. The van der Waals surface area contributed by atoms with Crippen molar-refractivity contribution in [3.05, 3.63) is 0 Å². The molecule has 0 aromatic heterocycles. The molecule has 1 atom stereocenters. The van der Waals surface area contributed by atoms with E-state index in [4.69, 9.17) is 0 Å². The summed E-state index contributed by atoms with van der Waals surface area (Å²) in [6.07, 6.45) is 5.14. The Labute approximate surface area is 115 Å². The number of rotatable bonds is 10. The fraction of sp³-hybridized carbons (Fsp3) is 1.00. The molecule has 0 aliphatic carbocycles. The molecule has 0 bridgehead atoms. The molecule has 17 heavy (non-hydrogen) atoms. The maximum atomic E-state index is 4.52. The molecule has 1 nitrogen and oxygen atoms in total. The number of hydrogen-bond acceptors (Lipinski definition) is 2. The Morgan fingerprint density at radius 1 is 1.00 bits per heavy atom. The molecule has 0 amide bonds. The molecule has 0 rings (SSSR count). The Kier molecular flexibility index (Phi) is 10.4. The highest BCUT2D eigenvalue weighted by atomic mass is 32.1. The fourth-order valence-corrected chi connectivity index (χ4v) is 2.93. The van der Waals surface area contributed by atoms with Crippen LogP contribution in [0.1, 0.15) is 60.3 Å². The van der Waals surface area contributed by atoms with Gasteiger partial charge in [-0.05, 0) is 36.9 Å². The zero-order valence-corrected chi connectivity index (χ0v) is 13.5. The second kappa shape index (κ2) is 10.3. The summed E-state index contributed by atoms with van der Waals surface area (Å²) < 4.78 is 0. The molecule has 0 spiro atoms. The van der Waals surface area contributed by atoms with Gasteiger partial charge in [-0.3, -0.25) is 4.90 Å². The van der Waals surface area contributed by atoms with Crippen molar-refractivity contribution < 1.29 is 0 Å². The van der Waals surface area contributed by atoms with Crippen LogP contribution in [-0.2, 0) is 0 Å². The third kappa shape index (κ3) is 7.35. The average molecular weight is 260 g/mol. The van der Waals surface area contributed by atoms with Gasteiger partial charge >= 0.3 is 0 Å². The lowest BCUT2D eigenvalue weighted by atomic mass is 10.0. The van der Waals surface area contributed by atoms with Gasteiger partial charge in [0.05, 0.1) is 0 Å². The van der Waals surface area contributed by atoms with Gasteiger partial charge in [0, 0.05) is 19.1 Å². The topological polar surface area (TPSA) is 3.24 Å². The van der Waals surface area contributed by atoms with Crippen molar-refractivity contribution in [3.63, 3.8) is 0 Å². The minimum Gasteiger partial charge on any atom is -0.300 e. The molecule has 2 heteroatoms. The lowest BCUT2D eigenvalue weighted by Crippen LogP contribution is -2.41. The van der Waals surface area contributed by atoms with Gasteiger partial charge in [0.25, 0.3) is 0 Å². The molecule has 0 heterocycles. The number of thiol groups is 1. The van der Waals surface area contributed by atoms with Gasteiger partial charge in [-0.2, -0.15) is 12.6 Å².